The Kier molecular flexibility index (Phi) is 5.13. The molecule has 0 bridgehead atoms. The van der Waals surface area contributed by atoms with E-state index in [4.69, 9.17) is 0 Å². The zero-order valence-corrected chi connectivity index (χ0v) is 16.9. The Bertz CT molecular complexity index is 1090. The quantitative estimate of drug-likeness (QED) is 0.807. The zero-order chi connectivity index (χ0) is 20.5. The second-order valence-electron chi connectivity index (χ2n) is 7.67. The number of rotatable bonds is 4. The van der Waals surface area contributed by atoms with Crippen molar-refractivity contribution in [1.82, 2.24) is 9.13 Å². The maximum absolute atomic E-state index is 12.9. The van der Waals surface area contributed by atoms with E-state index in [0.717, 1.165) is 29.6 Å². The van der Waals surface area contributed by atoms with Crippen LogP contribution in [0.15, 0.2) is 39.6 Å². The highest BCUT2D eigenvalue weighted by molar-refractivity contribution is 6.19. The molecule has 1 fully saturated rings. The molecule has 3 heterocycles. The monoisotopic (exact) mass is 394 g/mol. The minimum atomic E-state index is -0.557. The second-order valence-corrected chi connectivity index (χ2v) is 7.67. The molecule has 2 aliphatic rings. The number of aromatic nitrogens is 2. The van der Waals surface area contributed by atoms with E-state index >= 15 is 0 Å². The number of hydrogen-bond acceptors (Lipinski definition) is 5. The molecule has 1 aromatic carbocycles. The van der Waals surface area contributed by atoms with E-state index in [-0.39, 0.29) is 11.3 Å². The summed E-state index contributed by atoms with van der Waals surface area (Å²) in [7, 11) is 1.41. The largest absolute Gasteiger partial charge is 0.372 e. The Balaban J connectivity index is 1.66. The van der Waals surface area contributed by atoms with Crippen molar-refractivity contribution >= 4 is 23.4 Å². The zero-order valence-electron chi connectivity index (χ0n) is 16.9. The van der Waals surface area contributed by atoms with Gasteiger partial charge in [0.2, 0.25) is 5.78 Å². The molecule has 2 aliphatic heterocycles. The molecule has 29 heavy (non-hydrogen) atoms. The summed E-state index contributed by atoms with van der Waals surface area (Å²) in [5.41, 5.74) is 1.44. The van der Waals surface area contributed by atoms with Crippen LogP contribution in [-0.2, 0) is 13.6 Å². The summed E-state index contributed by atoms with van der Waals surface area (Å²) in [5.74, 6) is -0.0632. The average molecular weight is 394 g/mol. The number of nitrogens with one attached hydrogen (secondary N) is 1. The van der Waals surface area contributed by atoms with Gasteiger partial charge < -0.3 is 10.2 Å². The summed E-state index contributed by atoms with van der Waals surface area (Å²) in [6, 6.07) is 8.09. The molecule has 152 valence electrons. The van der Waals surface area contributed by atoms with Crippen molar-refractivity contribution in [2.24, 2.45) is 7.05 Å². The number of hydrogen-bond donors (Lipinski definition) is 1. The molecule has 2 aromatic rings. The average Bonchev–Trinajstić information content (AvgIpc) is 3.07. The van der Waals surface area contributed by atoms with Crippen LogP contribution in [0.3, 0.4) is 0 Å². The van der Waals surface area contributed by atoms with Gasteiger partial charge in [0, 0.05) is 32.4 Å². The SMILES string of the molecule is CCCn1c2c(c(=O)n(C)c1=O)C(=O)/C(=C/c1ccc(N3CCCCC3)cc1)N2. The number of carbonyl (C=O) groups is 1. The summed E-state index contributed by atoms with van der Waals surface area (Å²) >= 11 is 0. The molecule has 0 atom stereocenters. The lowest BCUT2D eigenvalue weighted by atomic mass is 10.1. The van der Waals surface area contributed by atoms with Crippen molar-refractivity contribution in [3.8, 4) is 0 Å². The van der Waals surface area contributed by atoms with E-state index in [9.17, 15) is 14.4 Å². The highest BCUT2D eigenvalue weighted by Crippen LogP contribution is 2.27. The van der Waals surface area contributed by atoms with Gasteiger partial charge in [-0.25, -0.2) is 4.79 Å². The van der Waals surface area contributed by atoms with Crippen LogP contribution in [-0.4, -0.2) is 28.0 Å². The first-order chi connectivity index (χ1) is 14.0. The first kappa shape index (κ1) is 19.2. The molecular weight excluding hydrogens is 368 g/mol. The predicted molar refractivity (Wildman–Crippen MR) is 115 cm³/mol. The third-order valence-electron chi connectivity index (χ3n) is 5.64. The third-order valence-corrected chi connectivity index (χ3v) is 5.64. The van der Waals surface area contributed by atoms with E-state index in [1.54, 1.807) is 6.08 Å². The number of ketones is 1. The van der Waals surface area contributed by atoms with Crippen LogP contribution in [0.2, 0.25) is 0 Å². The normalized spacial score (nSPS) is 17.5. The number of carbonyl (C=O) groups excluding carboxylic acids is 1. The Hall–Kier alpha value is -3.09. The molecule has 0 aliphatic carbocycles. The van der Waals surface area contributed by atoms with Gasteiger partial charge >= 0.3 is 5.69 Å². The highest BCUT2D eigenvalue weighted by Gasteiger charge is 2.32. The fraction of sp³-hybridized carbons (Fsp3) is 0.409. The molecule has 0 unspecified atom stereocenters. The van der Waals surface area contributed by atoms with Crippen LogP contribution < -0.4 is 21.5 Å². The minimum Gasteiger partial charge on any atom is -0.372 e. The van der Waals surface area contributed by atoms with E-state index in [0.29, 0.717) is 18.1 Å². The van der Waals surface area contributed by atoms with Crippen LogP contribution in [0.5, 0.6) is 0 Å². The highest BCUT2D eigenvalue weighted by atomic mass is 16.2. The van der Waals surface area contributed by atoms with Crippen molar-refractivity contribution in [3.63, 3.8) is 0 Å². The molecular formula is C22H26N4O3. The summed E-state index contributed by atoms with van der Waals surface area (Å²) in [5, 5.41) is 3.02. The van der Waals surface area contributed by atoms with E-state index < -0.39 is 11.2 Å². The Morgan fingerprint density at radius 3 is 2.38 bits per heavy atom. The van der Waals surface area contributed by atoms with Crippen molar-refractivity contribution in [3.05, 3.63) is 61.9 Å². The van der Waals surface area contributed by atoms with Crippen LogP contribution in [0, 0.1) is 0 Å². The molecule has 0 saturated carbocycles. The van der Waals surface area contributed by atoms with Gasteiger partial charge in [-0.15, -0.1) is 0 Å². The van der Waals surface area contributed by atoms with E-state index in [2.05, 4.69) is 22.3 Å². The van der Waals surface area contributed by atoms with Gasteiger partial charge in [0.25, 0.3) is 5.56 Å². The van der Waals surface area contributed by atoms with Gasteiger partial charge in [0.1, 0.15) is 11.4 Å². The Morgan fingerprint density at radius 1 is 1.03 bits per heavy atom. The summed E-state index contributed by atoms with van der Waals surface area (Å²) in [4.78, 5) is 40.2. The number of anilines is 2. The maximum Gasteiger partial charge on any atom is 0.332 e. The topological polar surface area (TPSA) is 76.3 Å². The smallest absolute Gasteiger partial charge is 0.332 e. The molecule has 1 saturated heterocycles. The lowest BCUT2D eigenvalue weighted by molar-refractivity contribution is 0.104. The fourth-order valence-corrected chi connectivity index (χ4v) is 4.05. The first-order valence-electron chi connectivity index (χ1n) is 10.2. The Labute approximate surface area is 169 Å². The molecule has 0 spiro atoms. The van der Waals surface area contributed by atoms with Gasteiger partial charge in [0.05, 0.1) is 5.70 Å². The van der Waals surface area contributed by atoms with E-state index in [1.165, 1.54) is 36.6 Å². The first-order valence-corrected chi connectivity index (χ1v) is 10.2. The van der Waals surface area contributed by atoms with Gasteiger partial charge in [-0.2, -0.15) is 0 Å². The van der Waals surface area contributed by atoms with E-state index in [1.807, 2.05) is 19.1 Å². The molecule has 1 N–H and O–H groups in total. The molecule has 1 aromatic heterocycles. The standard InChI is InChI=1S/C22H26N4O3/c1-3-11-26-20-18(21(28)24(2)22(26)29)19(27)17(23-20)14-15-7-9-16(10-8-15)25-12-5-4-6-13-25/h7-10,14,23H,3-6,11-13H2,1-2H3/b17-14-. The van der Waals surface area contributed by atoms with Crippen molar-refractivity contribution in [2.75, 3.05) is 23.3 Å². The fourth-order valence-electron chi connectivity index (χ4n) is 4.05. The molecule has 7 heteroatoms. The van der Waals surface area contributed by atoms with Gasteiger partial charge in [0.15, 0.2) is 0 Å². The predicted octanol–water partition coefficient (Wildman–Crippen LogP) is 2.60. The van der Waals surface area contributed by atoms with Crippen LogP contribution >= 0.6 is 0 Å². The van der Waals surface area contributed by atoms with Crippen LogP contribution in [0.25, 0.3) is 6.08 Å². The van der Waals surface area contributed by atoms with Crippen LogP contribution in [0.1, 0.15) is 48.5 Å². The maximum atomic E-state index is 12.9. The summed E-state index contributed by atoms with van der Waals surface area (Å²) < 4.78 is 2.47. The van der Waals surface area contributed by atoms with Crippen molar-refractivity contribution in [1.29, 1.82) is 0 Å². The lowest BCUT2D eigenvalue weighted by Gasteiger charge is -2.28. The minimum absolute atomic E-state index is 0.0386. The van der Waals surface area contributed by atoms with Crippen LogP contribution in [0.4, 0.5) is 11.5 Å². The molecule has 0 amide bonds. The summed E-state index contributed by atoms with van der Waals surface area (Å²) in [6.45, 7) is 4.54. The second kappa shape index (κ2) is 7.73. The molecule has 0 radical (unpaired) electrons. The number of piperidine rings is 1. The number of nitrogens with zero attached hydrogens (tertiary/aromatic N) is 3. The number of allylic oxidation sites excluding steroid dienone is 1. The van der Waals surface area contributed by atoms with Crippen molar-refractivity contribution in [2.45, 2.75) is 39.2 Å². The number of fused-ring (bicyclic) bond motifs is 1. The van der Waals surface area contributed by atoms with Gasteiger partial charge in [-0.1, -0.05) is 19.1 Å². The van der Waals surface area contributed by atoms with Crippen molar-refractivity contribution < 1.29 is 4.79 Å². The van der Waals surface area contributed by atoms with Gasteiger partial charge in [-0.05, 0) is 49.5 Å². The lowest BCUT2D eigenvalue weighted by Crippen LogP contribution is -2.40. The molecule has 7 nitrogen and oxygen atoms in total. The van der Waals surface area contributed by atoms with Gasteiger partial charge in [-0.3, -0.25) is 18.7 Å². The third kappa shape index (κ3) is 3.41. The molecule has 4 rings (SSSR count). The summed E-state index contributed by atoms with van der Waals surface area (Å²) in [6.07, 6.45) is 6.19. The Morgan fingerprint density at radius 2 is 1.72 bits per heavy atom. The number of benzene rings is 1. The number of Topliss-reactive ketones (excluding diaryl/α,β-unsaturated/α-hetero) is 1.